The van der Waals surface area contributed by atoms with Gasteiger partial charge in [0.25, 0.3) is 5.91 Å². The first kappa shape index (κ1) is 19.8. The molecule has 0 spiro atoms. The number of hydrogen-bond acceptors (Lipinski definition) is 4. The summed E-state index contributed by atoms with van der Waals surface area (Å²) in [5, 5.41) is 5.68. The third-order valence-corrected chi connectivity index (χ3v) is 5.03. The van der Waals surface area contributed by atoms with Gasteiger partial charge in [-0.15, -0.1) is 11.8 Å². The van der Waals surface area contributed by atoms with Gasteiger partial charge >= 0.3 is 0 Å². The molecule has 0 aliphatic rings. The molecule has 0 fully saturated rings. The van der Waals surface area contributed by atoms with Crippen molar-refractivity contribution in [3.05, 3.63) is 89.4 Å². The zero-order valence-corrected chi connectivity index (χ0v) is 16.4. The average Bonchev–Trinajstić information content (AvgIpc) is 3.22. The molecule has 5 nitrogen and oxygen atoms in total. The van der Waals surface area contributed by atoms with Crippen LogP contribution in [0.1, 0.15) is 27.2 Å². The topological polar surface area (TPSA) is 71.3 Å². The minimum absolute atomic E-state index is 0.00727. The van der Waals surface area contributed by atoms with Crippen molar-refractivity contribution in [2.24, 2.45) is 0 Å². The number of thioether (sulfide) groups is 1. The van der Waals surface area contributed by atoms with E-state index in [0.717, 1.165) is 11.3 Å². The molecule has 3 aromatic rings. The Kier molecular flexibility index (Phi) is 6.92. The zero-order chi connectivity index (χ0) is 19.8. The van der Waals surface area contributed by atoms with Crippen LogP contribution < -0.4 is 10.6 Å². The van der Waals surface area contributed by atoms with E-state index in [9.17, 15) is 9.59 Å². The molecule has 144 valence electrons. The molecule has 0 saturated carbocycles. The SMILES string of the molecule is Cc1cccc(CSCC(=O)NCc2ccc(NC(=O)c3ccco3)cc2)c1. The Balaban J connectivity index is 1.39. The Morgan fingerprint density at radius 1 is 1.00 bits per heavy atom. The molecule has 0 unspecified atom stereocenters. The molecule has 28 heavy (non-hydrogen) atoms. The number of anilines is 1. The number of amides is 2. The van der Waals surface area contributed by atoms with Crippen LogP contribution in [0.25, 0.3) is 0 Å². The van der Waals surface area contributed by atoms with Crippen molar-refractivity contribution in [2.75, 3.05) is 11.1 Å². The first-order chi connectivity index (χ1) is 13.6. The van der Waals surface area contributed by atoms with Gasteiger partial charge in [0, 0.05) is 18.0 Å². The Morgan fingerprint density at radius 3 is 2.54 bits per heavy atom. The standard InChI is InChI=1S/C22H22N2O3S/c1-16-4-2-5-18(12-16)14-28-15-21(25)23-13-17-7-9-19(10-8-17)24-22(26)20-6-3-11-27-20/h2-12H,13-15H2,1H3,(H,23,25)(H,24,26). The lowest BCUT2D eigenvalue weighted by atomic mass is 10.2. The van der Waals surface area contributed by atoms with Gasteiger partial charge in [-0.05, 0) is 42.3 Å². The molecule has 0 aliphatic carbocycles. The number of carbonyl (C=O) groups excluding carboxylic acids is 2. The summed E-state index contributed by atoms with van der Waals surface area (Å²) in [5.41, 5.74) is 4.09. The molecule has 0 saturated heterocycles. The van der Waals surface area contributed by atoms with Gasteiger partial charge in [0.15, 0.2) is 5.76 Å². The smallest absolute Gasteiger partial charge is 0.291 e. The molecule has 0 atom stereocenters. The second-order valence-corrected chi connectivity index (χ2v) is 7.37. The number of rotatable bonds is 8. The highest BCUT2D eigenvalue weighted by molar-refractivity contribution is 7.99. The summed E-state index contributed by atoms with van der Waals surface area (Å²) in [7, 11) is 0. The summed E-state index contributed by atoms with van der Waals surface area (Å²) in [5.74, 6) is 1.22. The second-order valence-electron chi connectivity index (χ2n) is 6.39. The van der Waals surface area contributed by atoms with Crippen LogP contribution in [-0.2, 0) is 17.1 Å². The predicted octanol–water partition coefficient (Wildman–Crippen LogP) is 4.39. The van der Waals surface area contributed by atoms with E-state index in [2.05, 4.69) is 35.8 Å². The monoisotopic (exact) mass is 394 g/mol. The third kappa shape index (κ3) is 6.03. The van der Waals surface area contributed by atoms with Crippen molar-refractivity contribution in [3.8, 4) is 0 Å². The van der Waals surface area contributed by atoms with Gasteiger partial charge in [0.1, 0.15) is 0 Å². The van der Waals surface area contributed by atoms with E-state index in [1.165, 1.54) is 17.4 Å². The highest BCUT2D eigenvalue weighted by Crippen LogP contribution is 2.14. The lowest BCUT2D eigenvalue weighted by Gasteiger charge is -2.08. The van der Waals surface area contributed by atoms with Crippen molar-refractivity contribution < 1.29 is 14.0 Å². The summed E-state index contributed by atoms with van der Waals surface area (Å²) >= 11 is 1.60. The minimum atomic E-state index is -0.295. The van der Waals surface area contributed by atoms with Crippen molar-refractivity contribution in [3.63, 3.8) is 0 Å². The van der Waals surface area contributed by atoms with Gasteiger partial charge in [0.05, 0.1) is 12.0 Å². The Morgan fingerprint density at radius 2 is 1.82 bits per heavy atom. The van der Waals surface area contributed by atoms with Crippen LogP contribution >= 0.6 is 11.8 Å². The van der Waals surface area contributed by atoms with E-state index < -0.39 is 0 Å². The molecule has 2 aromatic carbocycles. The molecule has 2 N–H and O–H groups in total. The van der Waals surface area contributed by atoms with Gasteiger partial charge in [-0.3, -0.25) is 9.59 Å². The molecule has 0 aliphatic heterocycles. The van der Waals surface area contributed by atoms with E-state index in [1.807, 2.05) is 18.2 Å². The first-order valence-corrected chi connectivity index (χ1v) is 10.1. The minimum Gasteiger partial charge on any atom is -0.459 e. The fourth-order valence-corrected chi connectivity index (χ4v) is 3.43. The van der Waals surface area contributed by atoms with E-state index in [1.54, 1.807) is 36.0 Å². The third-order valence-electron chi connectivity index (χ3n) is 4.03. The normalized spacial score (nSPS) is 10.5. The highest BCUT2D eigenvalue weighted by atomic mass is 32.2. The molecule has 3 rings (SSSR count). The van der Waals surface area contributed by atoms with Crippen LogP contribution in [0.5, 0.6) is 0 Å². The van der Waals surface area contributed by atoms with Crippen LogP contribution in [0.15, 0.2) is 71.3 Å². The number of benzene rings is 2. The summed E-state index contributed by atoms with van der Waals surface area (Å²) in [4.78, 5) is 24.0. The molecule has 1 heterocycles. The van der Waals surface area contributed by atoms with Gasteiger partial charge < -0.3 is 15.1 Å². The number of aryl methyl sites for hydroxylation is 1. The molecule has 2 amide bonds. The van der Waals surface area contributed by atoms with E-state index in [0.29, 0.717) is 18.0 Å². The maximum absolute atomic E-state index is 12.0. The molecular formula is C22H22N2O3S. The second kappa shape index (κ2) is 9.80. The molecule has 6 heteroatoms. The van der Waals surface area contributed by atoms with Crippen LogP contribution in [0.4, 0.5) is 5.69 Å². The summed E-state index contributed by atoms with van der Waals surface area (Å²) < 4.78 is 5.06. The number of nitrogens with one attached hydrogen (secondary N) is 2. The van der Waals surface area contributed by atoms with Crippen LogP contribution in [-0.4, -0.2) is 17.6 Å². The number of carbonyl (C=O) groups is 2. The Bertz CT molecular complexity index is 921. The van der Waals surface area contributed by atoms with Crippen molar-refractivity contribution in [1.29, 1.82) is 0 Å². The lowest BCUT2D eigenvalue weighted by molar-refractivity contribution is -0.118. The van der Waals surface area contributed by atoms with Crippen molar-refractivity contribution in [1.82, 2.24) is 5.32 Å². The maximum atomic E-state index is 12.0. The lowest BCUT2D eigenvalue weighted by Crippen LogP contribution is -2.24. The summed E-state index contributed by atoms with van der Waals surface area (Å²) in [6.07, 6.45) is 1.46. The van der Waals surface area contributed by atoms with E-state index in [4.69, 9.17) is 4.42 Å². The van der Waals surface area contributed by atoms with Crippen LogP contribution in [0.2, 0.25) is 0 Å². The van der Waals surface area contributed by atoms with Gasteiger partial charge in [-0.25, -0.2) is 0 Å². The van der Waals surface area contributed by atoms with E-state index >= 15 is 0 Å². The van der Waals surface area contributed by atoms with Crippen molar-refractivity contribution >= 4 is 29.3 Å². The van der Waals surface area contributed by atoms with E-state index in [-0.39, 0.29) is 17.6 Å². The fourth-order valence-electron chi connectivity index (χ4n) is 2.62. The molecule has 1 aromatic heterocycles. The van der Waals surface area contributed by atoms with Gasteiger partial charge in [-0.1, -0.05) is 42.0 Å². The fraction of sp³-hybridized carbons (Fsp3) is 0.182. The predicted molar refractivity (Wildman–Crippen MR) is 112 cm³/mol. The summed E-state index contributed by atoms with van der Waals surface area (Å²) in [6.45, 7) is 2.52. The Labute approximate surface area is 168 Å². The highest BCUT2D eigenvalue weighted by Gasteiger charge is 2.08. The van der Waals surface area contributed by atoms with Gasteiger partial charge in [0.2, 0.25) is 5.91 Å². The van der Waals surface area contributed by atoms with Crippen LogP contribution in [0, 0.1) is 6.92 Å². The largest absolute Gasteiger partial charge is 0.459 e. The average molecular weight is 394 g/mol. The molecule has 0 bridgehead atoms. The quantitative estimate of drug-likeness (QED) is 0.594. The first-order valence-electron chi connectivity index (χ1n) is 8.94. The number of hydrogen-bond donors (Lipinski definition) is 2. The Hall–Kier alpha value is -2.99. The van der Waals surface area contributed by atoms with Crippen LogP contribution in [0.3, 0.4) is 0 Å². The van der Waals surface area contributed by atoms with Gasteiger partial charge in [-0.2, -0.15) is 0 Å². The molecular weight excluding hydrogens is 372 g/mol. The zero-order valence-electron chi connectivity index (χ0n) is 15.6. The molecule has 0 radical (unpaired) electrons. The summed E-state index contributed by atoms with van der Waals surface area (Å²) in [6, 6.07) is 18.9. The number of furan rings is 1. The maximum Gasteiger partial charge on any atom is 0.291 e. The van der Waals surface area contributed by atoms with Crippen molar-refractivity contribution in [2.45, 2.75) is 19.2 Å².